The van der Waals surface area contributed by atoms with Crippen LogP contribution in [0.1, 0.15) is 105 Å². The van der Waals surface area contributed by atoms with Gasteiger partial charge >= 0.3 is 5.97 Å². The van der Waals surface area contributed by atoms with E-state index in [2.05, 4.69) is 39.8 Å². The van der Waals surface area contributed by atoms with Crippen molar-refractivity contribution >= 4 is 5.97 Å². The van der Waals surface area contributed by atoms with Gasteiger partial charge in [0, 0.05) is 0 Å². The topological polar surface area (TPSA) is 37.3 Å². The van der Waals surface area contributed by atoms with Gasteiger partial charge in [-0.1, -0.05) is 110 Å². The monoisotopic (exact) mass is 376 g/mol. The Balaban J connectivity index is 0.00000326. The minimum atomic E-state index is -0.754. The predicted octanol–water partition coefficient (Wildman–Crippen LogP) is 7.86. The van der Waals surface area contributed by atoms with E-state index < -0.39 is 11.4 Å². The molecule has 1 aromatic rings. The van der Waals surface area contributed by atoms with Gasteiger partial charge in [0.05, 0.1) is 5.41 Å². The SMILES string of the molecule is CC.CCCCC(CCCC)C(C(=O)O)(c1ccccc1)C(CC)CCC. The number of carboxylic acids is 1. The van der Waals surface area contributed by atoms with Crippen molar-refractivity contribution in [2.24, 2.45) is 11.8 Å². The maximum atomic E-state index is 12.9. The van der Waals surface area contributed by atoms with Crippen LogP contribution >= 0.6 is 0 Å². The van der Waals surface area contributed by atoms with Crippen molar-refractivity contribution in [1.82, 2.24) is 0 Å². The smallest absolute Gasteiger partial charge is 0.314 e. The van der Waals surface area contributed by atoms with Crippen molar-refractivity contribution in [2.45, 2.75) is 105 Å². The van der Waals surface area contributed by atoms with Crippen LogP contribution in [0.25, 0.3) is 0 Å². The molecule has 2 unspecified atom stereocenters. The van der Waals surface area contributed by atoms with Crippen molar-refractivity contribution in [3.05, 3.63) is 35.9 Å². The van der Waals surface area contributed by atoms with E-state index in [1.165, 1.54) is 0 Å². The molecule has 0 saturated carbocycles. The number of aliphatic carboxylic acids is 1. The first-order valence-corrected chi connectivity index (χ1v) is 11.4. The lowest BCUT2D eigenvalue weighted by molar-refractivity contribution is -0.150. The molecular weight excluding hydrogens is 332 g/mol. The van der Waals surface area contributed by atoms with E-state index in [1.807, 2.05) is 32.0 Å². The van der Waals surface area contributed by atoms with E-state index in [0.29, 0.717) is 0 Å². The van der Waals surface area contributed by atoms with Gasteiger partial charge in [0.1, 0.15) is 0 Å². The summed E-state index contributed by atoms with van der Waals surface area (Å²) in [6.07, 6.45) is 9.42. The Morgan fingerprint density at radius 1 is 0.852 bits per heavy atom. The molecule has 0 aromatic heterocycles. The molecule has 2 heteroatoms. The zero-order chi connectivity index (χ0) is 20.7. The molecule has 0 amide bonds. The molecule has 1 N–H and O–H groups in total. The number of rotatable bonds is 13. The molecule has 0 aliphatic carbocycles. The Labute approximate surface area is 168 Å². The van der Waals surface area contributed by atoms with Gasteiger partial charge < -0.3 is 5.11 Å². The van der Waals surface area contributed by atoms with Crippen LogP contribution in [-0.4, -0.2) is 11.1 Å². The second kappa shape index (κ2) is 14.7. The van der Waals surface area contributed by atoms with Gasteiger partial charge in [-0.2, -0.15) is 0 Å². The molecule has 156 valence electrons. The van der Waals surface area contributed by atoms with Crippen molar-refractivity contribution in [3.8, 4) is 0 Å². The quantitative estimate of drug-likeness (QED) is 0.380. The molecule has 1 rings (SSSR count). The fraction of sp³-hybridized carbons (Fsp3) is 0.720. The summed E-state index contributed by atoms with van der Waals surface area (Å²) in [5.41, 5.74) is 0.260. The Kier molecular flexibility index (Phi) is 14.0. The van der Waals surface area contributed by atoms with E-state index in [4.69, 9.17) is 0 Å². The number of benzene rings is 1. The molecule has 0 radical (unpaired) electrons. The molecule has 1 aromatic carbocycles. The van der Waals surface area contributed by atoms with Crippen molar-refractivity contribution in [3.63, 3.8) is 0 Å². The molecule has 0 spiro atoms. The summed E-state index contributed by atoms with van der Waals surface area (Å²) in [6, 6.07) is 10.1. The Morgan fingerprint density at radius 3 is 1.74 bits per heavy atom. The van der Waals surface area contributed by atoms with E-state index >= 15 is 0 Å². The average Bonchev–Trinajstić information content (AvgIpc) is 2.71. The van der Waals surface area contributed by atoms with E-state index in [-0.39, 0.29) is 11.8 Å². The van der Waals surface area contributed by atoms with Crippen LogP contribution in [-0.2, 0) is 10.2 Å². The fourth-order valence-corrected chi connectivity index (χ4v) is 4.59. The largest absolute Gasteiger partial charge is 0.481 e. The third kappa shape index (κ3) is 6.66. The van der Waals surface area contributed by atoms with Gasteiger partial charge in [0.25, 0.3) is 0 Å². The summed E-state index contributed by atoms with van der Waals surface area (Å²) in [5.74, 6) is -0.212. The number of hydrogen-bond donors (Lipinski definition) is 1. The number of hydrogen-bond acceptors (Lipinski definition) is 1. The second-order valence-corrected chi connectivity index (χ2v) is 7.42. The summed E-state index contributed by atoms with van der Waals surface area (Å²) in [4.78, 5) is 12.9. The average molecular weight is 377 g/mol. The lowest BCUT2D eigenvalue weighted by atomic mass is 9.58. The summed E-state index contributed by atoms with van der Waals surface area (Å²) in [6.45, 7) is 12.7. The maximum Gasteiger partial charge on any atom is 0.314 e. The van der Waals surface area contributed by atoms with Crippen LogP contribution in [0.3, 0.4) is 0 Å². The number of carboxylic acid groups (broad SMARTS) is 1. The van der Waals surface area contributed by atoms with Gasteiger partial charge in [-0.05, 0) is 36.7 Å². The Morgan fingerprint density at radius 2 is 1.37 bits per heavy atom. The third-order valence-electron chi connectivity index (χ3n) is 5.84. The molecule has 0 fully saturated rings. The highest BCUT2D eigenvalue weighted by molar-refractivity contribution is 5.82. The van der Waals surface area contributed by atoms with Crippen LogP contribution in [0.5, 0.6) is 0 Å². The van der Waals surface area contributed by atoms with Gasteiger partial charge in [-0.3, -0.25) is 4.79 Å². The fourth-order valence-electron chi connectivity index (χ4n) is 4.59. The molecular formula is C25H44O2. The van der Waals surface area contributed by atoms with Gasteiger partial charge in [0.2, 0.25) is 0 Å². The first-order chi connectivity index (χ1) is 13.1. The molecule has 0 saturated heterocycles. The summed E-state index contributed by atoms with van der Waals surface area (Å²) in [5, 5.41) is 10.6. The van der Waals surface area contributed by atoms with Crippen LogP contribution < -0.4 is 0 Å². The molecule has 27 heavy (non-hydrogen) atoms. The molecule has 2 atom stereocenters. The Bertz CT molecular complexity index is 474. The van der Waals surface area contributed by atoms with Crippen LogP contribution in [0.2, 0.25) is 0 Å². The van der Waals surface area contributed by atoms with Gasteiger partial charge in [0.15, 0.2) is 0 Å². The first-order valence-electron chi connectivity index (χ1n) is 11.4. The summed E-state index contributed by atoms with van der Waals surface area (Å²) < 4.78 is 0. The predicted molar refractivity (Wildman–Crippen MR) is 118 cm³/mol. The highest BCUT2D eigenvalue weighted by atomic mass is 16.4. The third-order valence-corrected chi connectivity index (χ3v) is 5.84. The normalized spacial score (nSPS) is 14.2. The zero-order valence-electron chi connectivity index (χ0n) is 18.8. The standard InChI is InChI=1S/C23H38O2.C2H6/c1-5-9-15-20(16-10-6-2)23(22(24)25,19(8-4)14-7-3)21-17-12-11-13-18-21;1-2/h11-13,17-20H,5-10,14-16H2,1-4H3,(H,24,25);1-2H3. The Hall–Kier alpha value is -1.31. The zero-order valence-corrected chi connectivity index (χ0v) is 18.8. The second-order valence-electron chi connectivity index (χ2n) is 7.42. The molecule has 0 bridgehead atoms. The maximum absolute atomic E-state index is 12.9. The van der Waals surface area contributed by atoms with Crippen molar-refractivity contribution in [1.29, 1.82) is 0 Å². The highest BCUT2D eigenvalue weighted by Gasteiger charge is 2.51. The molecule has 0 aliphatic heterocycles. The number of carbonyl (C=O) groups is 1. The number of unbranched alkanes of at least 4 members (excludes halogenated alkanes) is 2. The van der Waals surface area contributed by atoms with Gasteiger partial charge in [-0.25, -0.2) is 0 Å². The summed E-state index contributed by atoms with van der Waals surface area (Å²) >= 11 is 0. The van der Waals surface area contributed by atoms with E-state index in [0.717, 1.165) is 63.4 Å². The molecule has 0 heterocycles. The van der Waals surface area contributed by atoms with Gasteiger partial charge in [-0.15, -0.1) is 0 Å². The minimum absolute atomic E-state index is 0.191. The van der Waals surface area contributed by atoms with Crippen LogP contribution in [0.15, 0.2) is 30.3 Å². The first kappa shape index (κ1) is 25.7. The molecule has 0 aliphatic rings. The minimum Gasteiger partial charge on any atom is -0.481 e. The van der Waals surface area contributed by atoms with Crippen LogP contribution in [0, 0.1) is 11.8 Å². The van der Waals surface area contributed by atoms with E-state index in [9.17, 15) is 9.90 Å². The summed E-state index contributed by atoms with van der Waals surface area (Å²) in [7, 11) is 0. The van der Waals surface area contributed by atoms with Crippen molar-refractivity contribution in [2.75, 3.05) is 0 Å². The van der Waals surface area contributed by atoms with Crippen molar-refractivity contribution < 1.29 is 9.90 Å². The lowest BCUT2D eigenvalue weighted by Gasteiger charge is -2.44. The van der Waals surface area contributed by atoms with Crippen LogP contribution in [0.4, 0.5) is 0 Å². The highest BCUT2D eigenvalue weighted by Crippen LogP contribution is 2.47. The lowest BCUT2D eigenvalue weighted by Crippen LogP contribution is -2.49. The molecule has 2 nitrogen and oxygen atoms in total. The van der Waals surface area contributed by atoms with E-state index in [1.54, 1.807) is 0 Å².